The van der Waals surface area contributed by atoms with Crippen molar-refractivity contribution in [3.63, 3.8) is 0 Å². The van der Waals surface area contributed by atoms with Crippen molar-refractivity contribution in [1.82, 2.24) is 5.32 Å². The Morgan fingerprint density at radius 2 is 2.11 bits per heavy atom. The van der Waals surface area contributed by atoms with Gasteiger partial charge in [-0.1, -0.05) is 6.07 Å². The summed E-state index contributed by atoms with van der Waals surface area (Å²) < 4.78 is 0. The van der Waals surface area contributed by atoms with Crippen molar-refractivity contribution in [1.29, 1.82) is 5.26 Å². The van der Waals surface area contributed by atoms with Gasteiger partial charge in [0.15, 0.2) is 0 Å². The van der Waals surface area contributed by atoms with Crippen LogP contribution in [0.5, 0.6) is 0 Å². The molecule has 0 spiro atoms. The minimum absolute atomic E-state index is 0.0164. The predicted octanol–water partition coefficient (Wildman–Crippen LogP) is 3.03. The first kappa shape index (κ1) is 13.7. The zero-order valence-corrected chi connectivity index (χ0v) is 11.8. The molecule has 0 unspecified atom stereocenters. The van der Waals surface area contributed by atoms with Gasteiger partial charge < -0.3 is 5.32 Å². The molecule has 1 N–H and O–H groups in total. The fraction of sp³-hybridized carbons (Fsp3) is 0.143. The maximum absolute atomic E-state index is 11.7. The summed E-state index contributed by atoms with van der Waals surface area (Å²) in [6.07, 6.45) is 0. The number of carbonyl (C=O) groups is 1. The van der Waals surface area contributed by atoms with E-state index in [4.69, 9.17) is 5.26 Å². The highest BCUT2D eigenvalue weighted by Gasteiger charge is 2.03. The first-order valence-corrected chi connectivity index (χ1v) is 7.56. The Hall–Kier alpha value is -1.77. The molecule has 0 saturated carbocycles. The van der Waals surface area contributed by atoms with E-state index < -0.39 is 0 Å². The molecular weight excluding hydrogens is 276 g/mol. The van der Waals surface area contributed by atoms with E-state index in [1.807, 2.05) is 29.6 Å². The van der Waals surface area contributed by atoms with Gasteiger partial charge in [0.1, 0.15) is 0 Å². The topological polar surface area (TPSA) is 52.9 Å². The van der Waals surface area contributed by atoms with Crippen LogP contribution in [0.4, 0.5) is 0 Å². The van der Waals surface area contributed by atoms with Crippen LogP contribution in [-0.4, -0.2) is 11.7 Å². The molecule has 0 fully saturated rings. The molecule has 0 aliphatic heterocycles. The van der Waals surface area contributed by atoms with Crippen molar-refractivity contribution in [3.05, 3.63) is 52.2 Å². The molecule has 1 amide bonds. The summed E-state index contributed by atoms with van der Waals surface area (Å²) in [4.78, 5) is 13.8. The van der Waals surface area contributed by atoms with Gasteiger partial charge in [-0.25, -0.2) is 0 Å². The number of hydrogen-bond donors (Lipinski definition) is 1. The summed E-state index contributed by atoms with van der Waals surface area (Å²) in [6.45, 7) is 0.588. The molecule has 3 nitrogen and oxygen atoms in total. The van der Waals surface area contributed by atoms with Crippen LogP contribution in [0.25, 0.3) is 0 Å². The molecule has 96 valence electrons. The first-order valence-electron chi connectivity index (χ1n) is 5.70. The van der Waals surface area contributed by atoms with E-state index >= 15 is 0 Å². The van der Waals surface area contributed by atoms with Gasteiger partial charge in [0.2, 0.25) is 5.91 Å². The lowest BCUT2D eigenvalue weighted by atomic mass is 10.2. The molecular formula is C14H12N2OS2. The van der Waals surface area contributed by atoms with Gasteiger partial charge in [0, 0.05) is 9.77 Å². The lowest BCUT2D eigenvalue weighted by Gasteiger charge is -2.03. The number of thiophene rings is 1. The minimum Gasteiger partial charge on any atom is -0.350 e. The Labute approximate surface area is 120 Å². The third-order valence-corrected chi connectivity index (χ3v) is 4.28. The summed E-state index contributed by atoms with van der Waals surface area (Å²) >= 11 is 3.10. The van der Waals surface area contributed by atoms with Gasteiger partial charge in [0.25, 0.3) is 0 Å². The Kier molecular flexibility index (Phi) is 5.01. The van der Waals surface area contributed by atoms with Gasteiger partial charge in [-0.2, -0.15) is 5.26 Å². The van der Waals surface area contributed by atoms with Gasteiger partial charge in [0.05, 0.1) is 23.9 Å². The SMILES string of the molecule is N#Cc1ccc(SCC(=O)NCc2cccs2)cc1. The molecule has 2 rings (SSSR count). The second-order valence-corrected chi connectivity index (χ2v) is 5.86. The van der Waals surface area contributed by atoms with Gasteiger partial charge in [-0.05, 0) is 35.7 Å². The van der Waals surface area contributed by atoms with Crippen molar-refractivity contribution in [2.45, 2.75) is 11.4 Å². The van der Waals surface area contributed by atoms with E-state index in [1.165, 1.54) is 11.8 Å². The molecule has 0 bridgehead atoms. The van der Waals surface area contributed by atoms with Crippen LogP contribution in [0.2, 0.25) is 0 Å². The molecule has 1 heterocycles. The Morgan fingerprint density at radius 1 is 1.32 bits per heavy atom. The van der Waals surface area contributed by atoms with Crippen LogP contribution < -0.4 is 5.32 Å². The smallest absolute Gasteiger partial charge is 0.230 e. The summed E-state index contributed by atoms with van der Waals surface area (Å²) in [5.41, 5.74) is 0.631. The summed E-state index contributed by atoms with van der Waals surface area (Å²) in [5, 5.41) is 13.6. The van der Waals surface area contributed by atoms with E-state index in [2.05, 4.69) is 11.4 Å². The molecule has 0 radical (unpaired) electrons. The quantitative estimate of drug-likeness (QED) is 0.860. The second kappa shape index (κ2) is 6.98. The highest BCUT2D eigenvalue weighted by Crippen LogP contribution is 2.18. The maximum atomic E-state index is 11.7. The molecule has 0 atom stereocenters. The van der Waals surface area contributed by atoms with Crippen molar-refractivity contribution in [3.8, 4) is 6.07 Å². The zero-order chi connectivity index (χ0) is 13.5. The third kappa shape index (κ3) is 4.43. The minimum atomic E-state index is 0.0164. The summed E-state index contributed by atoms with van der Waals surface area (Å²) in [7, 11) is 0. The monoisotopic (exact) mass is 288 g/mol. The Bertz CT molecular complexity index is 570. The van der Waals surface area contributed by atoms with Crippen LogP contribution in [0.3, 0.4) is 0 Å². The molecule has 5 heteroatoms. The van der Waals surface area contributed by atoms with Gasteiger partial charge >= 0.3 is 0 Å². The number of hydrogen-bond acceptors (Lipinski definition) is 4. The Balaban J connectivity index is 1.75. The van der Waals surface area contributed by atoms with E-state index in [0.717, 1.165) is 9.77 Å². The average Bonchev–Trinajstić information content (AvgIpc) is 2.96. The molecule has 0 aliphatic carbocycles. The predicted molar refractivity (Wildman–Crippen MR) is 78.0 cm³/mol. The van der Waals surface area contributed by atoms with Crippen molar-refractivity contribution >= 4 is 29.0 Å². The van der Waals surface area contributed by atoms with E-state index in [0.29, 0.717) is 17.9 Å². The van der Waals surface area contributed by atoms with Crippen molar-refractivity contribution in [2.75, 3.05) is 5.75 Å². The number of nitrogens with zero attached hydrogens (tertiary/aromatic N) is 1. The summed E-state index contributed by atoms with van der Waals surface area (Å²) in [6, 6.07) is 13.3. The van der Waals surface area contributed by atoms with E-state index in [-0.39, 0.29) is 5.91 Å². The van der Waals surface area contributed by atoms with Crippen LogP contribution in [0, 0.1) is 11.3 Å². The molecule has 19 heavy (non-hydrogen) atoms. The maximum Gasteiger partial charge on any atom is 0.230 e. The number of benzene rings is 1. The number of thioether (sulfide) groups is 1. The lowest BCUT2D eigenvalue weighted by Crippen LogP contribution is -2.24. The van der Waals surface area contributed by atoms with Crippen LogP contribution >= 0.6 is 23.1 Å². The van der Waals surface area contributed by atoms with Crippen molar-refractivity contribution in [2.24, 2.45) is 0 Å². The number of carbonyl (C=O) groups excluding carboxylic acids is 1. The van der Waals surface area contributed by atoms with E-state index in [1.54, 1.807) is 23.5 Å². The standard InChI is InChI=1S/C14H12N2OS2/c15-8-11-3-5-12(6-4-11)19-10-14(17)16-9-13-2-1-7-18-13/h1-7H,9-10H2,(H,16,17). The number of nitriles is 1. The molecule has 1 aromatic carbocycles. The first-order chi connectivity index (χ1) is 9.28. The van der Waals surface area contributed by atoms with Crippen LogP contribution in [-0.2, 0) is 11.3 Å². The molecule has 0 saturated heterocycles. The fourth-order valence-corrected chi connectivity index (χ4v) is 2.80. The second-order valence-electron chi connectivity index (χ2n) is 3.78. The van der Waals surface area contributed by atoms with Crippen molar-refractivity contribution < 1.29 is 4.79 Å². The zero-order valence-electron chi connectivity index (χ0n) is 10.1. The van der Waals surface area contributed by atoms with Crippen LogP contribution in [0.15, 0.2) is 46.7 Å². The summed E-state index contributed by atoms with van der Waals surface area (Å²) in [5.74, 6) is 0.403. The number of rotatable bonds is 5. The largest absolute Gasteiger partial charge is 0.350 e. The van der Waals surface area contributed by atoms with Gasteiger partial charge in [-0.3, -0.25) is 4.79 Å². The Morgan fingerprint density at radius 3 is 2.74 bits per heavy atom. The molecule has 1 aromatic heterocycles. The third-order valence-electron chi connectivity index (χ3n) is 2.39. The highest BCUT2D eigenvalue weighted by atomic mass is 32.2. The number of nitrogens with one attached hydrogen (secondary N) is 1. The average molecular weight is 288 g/mol. The lowest BCUT2D eigenvalue weighted by molar-refractivity contribution is -0.118. The van der Waals surface area contributed by atoms with Crippen LogP contribution in [0.1, 0.15) is 10.4 Å². The normalized spacial score (nSPS) is 9.84. The molecule has 0 aliphatic rings. The fourth-order valence-electron chi connectivity index (χ4n) is 1.42. The number of amides is 1. The molecule has 2 aromatic rings. The van der Waals surface area contributed by atoms with E-state index in [9.17, 15) is 4.79 Å². The highest BCUT2D eigenvalue weighted by molar-refractivity contribution is 8.00. The van der Waals surface area contributed by atoms with Gasteiger partial charge in [-0.15, -0.1) is 23.1 Å².